The fourth-order valence-corrected chi connectivity index (χ4v) is 2.52. The van der Waals surface area contributed by atoms with Crippen molar-refractivity contribution < 1.29 is 9.59 Å². The number of rotatable bonds is 6. The fourth-order valence-electron chi connectivity index (χ4n) is 2.35. The molecule has 2 aromatic carbocycles. The van der Waals surface area contributed by atoms with Gasteiger partial charge in [0.1, 0.15) is 6.42 Å². The average molecular weight is 345 g/mol. The minimum atomic E-state index is -0.336. The van der Waals surface area contributed by atoms with E-state index in [1.807, 2.05) is 50.2 Å². The van der Waals surface area contributed by atoms with Crippen LogP contribution in [-0.2, 0) is 16.1 Å². The number of hydrogen-bond acceptors (Lipinski definition) is 2. The average Bonchev–Trinajstić information content (AvgIpc) is 2.56. The quantitative estimate of drug-likeness (QED) is 0.804. The summed E-state index contributed by atoms with van der Waals surface area (Å²) in [6.07, 6.45) is -0.188. The van der Waals surface area contributed by atoms with Crippen LogP contribution in [0.1, 0.15) is 24.5 Å². The van der Waals surface area contributed by atoms with Crippen LogP contribution >= 0.6 is 11.6 Å². The summed E-state index contributed by atoms with van der Waals surface area (Å²) in [5.74, 6) is -0.532. The van der Waals surface area contributed by atoms with Crippen molar-refractivity contribution in [3.8, 4) is 0 Å². The molecule has 0 heterocycles. The monoisotopic (exact) mass is 344 g/mol. The van der Waals surface area contributed by atoms with E-state index in [1.54, 1.807) is 17.0 Å². The molecular weight excluding hydrogens is 324 g/mol. The minimum Gasteiger partial charge on any atom is -0.338 e. The molecular formula is C19H21ClN2O2. The second-order valence-electron chi connectivity index (χ2n) is 5.58. The molecule has 2 aromatic rings. The van der Waals surface area contributed by atoms with Gasteiger partial charge in [0.25, 0.3) is 0 Å². The zero-order valence-corrected chi connectivity index (χ0v) is 14.6. The van der Waals surface area contributed by atoms with Crippen LogP contribution in [0.15, 0.2) is 48.5 Å². The highest BCUT2D eigenvalue weighted by Gasteiger charge is 2.17. The molecule has 24 heavy (non-hydrogen) atoms. The Balaban J connectivity index is 1.96. The predicted octanol–water partition coefficient (Wildman–Crippen LogP) is 4.03. The van der Waals surface area contributed by atoms with E-state index in [0.29, 0.717) is 23.8 Å². The molecule has 5 heteroatoms. The molecule has 0 radical (unpaired) electrons. The van der Waals surface area contributed by atoms with Crippen LogP contribution in [0.2, 0.25) is 5.02 Å². The van der Waals surface area contributed by atoms with Crippen LogP contribution in [0.25, 0.3) is 0 Å². The number of carbonyl (C=O) groups excluding carboxylic acids is 2. The van der Waals surface area contributed by atoms with Crippen molar-refractivity contribution in [2.45, 2.75) is 26.8 Å². The largest absolute Gasteiger partial charge is 0.338 e. The summed E-state index contributed by atoms with van der Waals surface area (Å²) < 4.78 is 0. The van der Waals surface area contributed by atoms with Crippen LogP contribution in [-0.4, -0.2) is 23.3 Å². The number of carbonyl (C=O) groups is 2. The maximum Gasteiger partial charge on any atom is 0.233 e. The molecule has 0 aliphatic carbocycles. The second-order valence-corrected chi connectivity index (χ2v) is 6.01. The predicted molar refractivity (Wildman–Crippen MR) is 97.0 cm³/mol. The van der Waals surface area contributed by atoms with Crippen molar-refractivity contribution >= 4 is 29.1 Å². The fraction of sp³-hybridized carbons (Fsp3) is 0.263. The lowest BCUT2D eigenvalue weighted by Gasteiger charge is -2.21. The van der Waals surface area contributed by atoms with Crippen molar-refractivity contribution in [2.75, 3.05) is 11.9 Å². The summed E-state index contributed by atoms with van der Waals surface area (Å²) in [6.45, 7) is 4.83. The molecule has 0 aliphatic heterocycles. The van der Waals surface area contributed by atoms with Gasteiger partial charge in [0.05, 0.1) is 0 Å². The van der Waals surface area contributed by atoms with E-state index in [1.165, 1.54) is 0 Å². The first-order chi connectivity index (χ1) is 11.5. The molecule has 4 nitrogen and oxygen atoms in total. The molecule has 126 valence electrons. The van der Waals surface area contributed by atoms with Crippen LogP contribution in [0.3, 0.4) is 0 Å². The number of nitrogens with zero attached hydrogens (tertiary/aromatic N) is 1. The molecule has 0 fully saturated rings. The second kappa shape index (κ2) is 8.50. The molecule has 2 amide bonds. The molecule has 0 aromatic heterocycles. The molecule has 0 atom stereocenters. The third-order valence-corrected chi connectivity index (χ3v) is 3.97. The normalized spacial score (nSPS) is 10.3. The van der Waals surface area contributed by atoms with Gasteiger partial charge in [-0.15, -0.1) is 0 Å². The lowest BCUT2D eigenvalue weighted by molar-refractivity contribution is -0.134. The highest BCUT2D eigenvalue weighted by Crippen LogP contribution is 2.20. The summed E-state index contributed by atoms with van der Waals surface area (Å²) in [6, 6.07) is 15.0. The zero-order valence-electron chi connectivity index (χ0n) is 13.9. The summed E-state index contributed by atoms with van der Waals surface area (Å²) in [5, 5.41) is 3.30. The van der Waals surface area contributed by atoms with E-state index < -0.39 is 0 Å². The first-order valence-electron chi connectivity index (χ1n) is 7.87. The lowest BCUT2D eigenvalue weighted by Crippen LogP contribution is -2.33. The van der Waals surface area contributed by atoms with Gasteiger partial charge in [-0.3, -0.25) is 9.59 Å². The Morgan fingerprint density at radius 1 is 1.12 bits per heavy atom. The molecule has 2 rings (SSSR count). The van der Waals surface area contributed by atoms with Gasteiger partial charge in [-0.1, -0.05) is 48.0 Å². The minimum absolute atomic E-state index is 0.188. The van der Waals surface area contributed by atoms with E-state index in [0.717, 1.165) is 11.1 Å². The number of benzene rings is 2. The Hall–Kier alpha value is -2.33. The number of aryl methyl sites for hydroxylation is 1. The Morgan fingerprint density at radius 2 is 1.83 bits per heavy atom. The summed E-state index contributed by atoms with van der Waals surface area (Å²) in [7, 11) is 0. The van der Waals surface area contributed by atoms with Crippen LogP contribution in [0.5, 0.6) is 0 Å². The molecule has 0 bridgehead atoms. The van der Waals surface area contributed by atoms with Crippen molar-refractivity contribution in [3.63, 3.8) is 0 Å². The van der Waals surface area contributed by atoms with Gasteiger partial charge in [-0.25, -0.2) is 0 Å². The van der Waals surface area contributed by atoms with E-state index in [2.05, 4.69) is 5.32 Å². The van der Waals surface area contributed by atoms with E-state index in [-0.39, 0.29) is 18.2 Å². The van der Waals surface area contributed by atoms with E-state index >= 15 is 0 Å². The maximum atomic E-state index is 12.4. The van der Waals surface area contributed by atoms with Gasteiger partial charge >= 0.3 is 0 Å². The molecule has 0 aliphatic rings. The summed E-state index contributed by atoms with van der Waals surface area (Å²) in [5.41, 5.74) is 2.57. The molecule has 0 saturated carbocycles. The Kier molecular flexibility index (Phi) is 6.38. The molecule has 0 unspecified atom stereocenters. The standard InChI is InChI=1S/C19H21ClN2O2/c1-3-22(13-15-7-5-4-6-8-15)19(24)12-18(23)21-17-11-16(20)10-9-14(17)2/h4-11H,3,12-13H2,1-2H3,(H,21,23). The molecule has 1 N–H and O–H groups in total. The molecule has 0 saturated heterocycles. The number of nitrogens with one attached hydrogen (secondary N) is 1. The summed E-state index contributed by atoms with van der Waals surface area (Å²) in [4.78, 5) is 26.2. The number of hydrogen-bond donors (Lipinski definition) is 1. The summed E-state index contributed by atoms with van der Waals surface area (Å²) >= 11 is 5.94. The zero-order chi connectivity index (χ0) is 17.5. The van der Waals surface area contributed by atoms with Crippen LogP contribution in [0.4, 0.5) is 5.69 Å². The first-order valence-corrected chi connectivity index (χ1v) is 8.25. The Labute approximate surface area is 147 Å². The number of anilines is 1. The third-order valence-electron chi connectivity index (χ3n) is 3.74. The topological polar surface area (TPSA) is 49.4 Å². The van der Waals surface area contributed by atoms with E-state index in [9.17, 15) is 9.59 Å². The van der Waals surface area contributed by atoms with Crippen LogP contribution < -0.4 is 5.32 Å². The maximum absolute atomic E-state index is 12.4. The first kappa shape index (κ1) is 18.0. The smallest absolute Gasteiger partial charge is 0.233 e. The lowest BCUT2D eigenvalue weighted by atomic mass is 10.2. The van der Waals surface area contributed by atoms with Gasteiger partial charge in [0.2, 0.25) is 11.8 Å². The van der Waals surface area contributed by atoms with Crippen molar-refractivity contribution in [2.24, 2.45) is 0 Å². The van der Waals surface area contributed by atoms with Gasteiger partial charge in [-0.2, -0.15) is 0 Å². The highest BCUT2D eigenvalue weighted by molar-refractivity contribution is 6.31. The van der Waals surface area contributed by atoms with Crippen molar-refractivity contribution in [3.05, 3.63) is 64.7 Å². The van der Waals surface area contributed by atoms with Gasteiger partial charge in [0.15, 0.2) is 0 Å². The van der Waals surface area contributed by atoms with Gasteiger partial charge < -0.3 is 10.2 Å². The van der Waals surface area contributed by atoms with Crippen LogP contribution in [0, 0.1) is 6.92 Å². The molecule has 0 spiro atoms. The van der Waals surface area contributed by atoms with Crippen molar-refractivity contribution in [1.82, 2.24) is 4.90 Å². The number of halogens is 1. The Bertz CT molecular complexity index is 717. The van der Waals surface area contributed by atoms with Gasteiger partial charge in [0, 0.05) is 23.8 Å². The SMILES string of the molecule is CCN(Cc1ccccc1)C(=O)CC(=O)Nc1cc(Cl)ccc1C. The Morgan fingerprint density at radius 3 is 2.50 bits per heavy atom. The van der Waals surface area contributed by atoms with Crippen molar-refractivity contribution in [1.29, 1.82) is 0 Å². The number of amides is 2. The highest BCUT2D eigenvalue weighted by atomic mass is 35.5. The van der Waals surface area contributed by atoms with Gasteiger partial charge in [-0.05, 0) is 37.1 Å². The van der Waals surface area contributed by atoms with E-state index in [4.69, 9.17) is 11.6 Å². The third kappa shape index (κ3) is 5.10.